The second-order valence-electron chi connectivity index (χ2n) is 7.84. The zero-order valence-electron chi connectivity index (χ0n) is 17.8. The molecular formula is C24H26ClN5OS. The van der Waals surface area contributed by atoms with Gasteiger partial charge in [0.05, 0.1) is 18.0 Å². The molecule has 166 valence electrons. The lowest BCUT2D eigenvalue weighted by Crippen LogP contribution is -2.35. The molecule has 2 aromatic heterocycles. The first-order valence-electron chi connectivity index (χ1n) is 10.8. The second-order valence-corrected chi connectivity index (χ2v) is 9.17. The number of thioether (sulfide) groups is 1. The van der Waals surface area contributed by atoms with E-state index in [4.69, 9.17) is 11.6 Å². The van der Waals surface area contributed by atoms with Gasteiger partial charge >= 0.3 is 0 Å². The highest BCUT2D eigenvalue weighted by Crippen LogP contribution is 2.27. The van der Waals surface area contributed by atoms with Crippen molar-refractivity contribution in [1.82, 2.24) is 20.3 Å². The number of carbonyl (C=O) groups excluding carboxylic acids is 1. The van der Waals surface area contributed by atoms with E-state index in [1.54, 1.807) is 6.20 Å². The van der Waals surface area contributed by atoms with Crippen LogP contribution in [0.3, 0.4) is 0 Å². The van der Waals surface area contributed by atoms with E-state index in [0.29, 0.717) is 22.8 Å². The summed E-state index contributed by atoms with van der Waals surface area (Å²) in [5, 5.41) is 3.79. The Bertz CT molecular complexity index is 1010. The molecule has 0 aliphatic carbocycles. The predicted molar refractivity (Wildman–Crippen MR) is 129 cm³/mol. The van der Waals surface area contributed by atoms with E-state index in [-0.39, 0.29) is 11.7 Å². The van der Waals surface area contributed by atoms with Crippen LogP contribution in [0.4, 0.5) is 5.82 Å². The van der Waals surface area contributed by atoms with Gasteiger partial charge in [-0.05, 0) is 42.9 Å². The molecule has 1 N–H and O–H groups in total. The van der Waals surface area contributed by atoms with Crippen molar-refractivity contribution in [3.8, 4) is 0 Å². The molecule has 1 aliphatic rings. The molecule has 0 bridgehead atoms. The molecular weight excluding hydrogens is 442 g/mol. The maximum Gasteiger partial charge on any atom is 0.230 e. The monoisotopic (exact) mass is 467 g/mol. The van der Waals surface area contributed by atoms with Gasteiger partial charge in [0, 0.05) is 25.4 Å². The van der Waals surface area contributed by atoms with Gasteiger partial charge < -0.3 is 10.2 Å². The third kappa shape index (κ3) is 6.68. The first-order chi connectivity index (χ1) is 15.7. The molecule has 0 unspecified atom stereocenters. The van der Waals surface area contributed by atoms with Crippen LogP contribution in [-0.4, -0.2) is 39.7 Å². The summed E-state index contributed by atoms with van der Waals surface area (Å²) in [6.07, 6.45) is 5.07. The number of nitrogens with one attached hydrogen (secondary N) is 1. The van der Waals surface area contributed by atoms with Crippen molar-refractivity contribution in [2.75, 3.05) is 23.7 Å². The van der Waals surface area contributed by atoms with E-state index >= 15 is 0 Å². The van der Waals surface area contributed by atoms with Crippen LogP contribution in [0.5, 0.6) is 0 Å². The second kappa shape index (κ2) is 11.3. The third-order valence-electron chi connectivity index (χ3n) is 5.49. The molecule has 32 heavy (non-hydrogen) atoms. The van der Waals surface area contributed by atoms with Gasteiger partial charge in [0.15, 0.2) is 5.16 Å². The zero-order valence-corrected chi connectivity index (χ0v) is 19.4. The summed E-state index contributed by atoms with van der Waals surface area (Å²) in [6, 6.07) is 18.1. The number of amides is 1. The Balaban J connectivity index is 1.27. The van der Waals surface area contributed by atoms with Crippen molar-refractivity contribution in [1.29, 1.82) is 0 Å². The number of carbonyl (C=O) groups is 1. The number of pyridine rings is 1. The number of benzene rings is 1. The molecule has 1 fully saturated rings. The summed E-state index contributed by atoms with van der Waals surface area (Å²) in [4.78, 5) is 27.6. The van der Waals surface area contributed by atoms with E-state index in [2.05, 4.69) is 55.5 Å². The Kier molecular flexibility index (Phi) is 7.96. The molecule has 0 radical (unpaired) electrons. The maximum absolute atomic E-state index is 12.2. The Labute approximate surface area is 197 Å². The number of nitrogens with zero attached hydrogens (tertiary/aromatic N) is 4. The lowest BCUT2D eigenvalue weighted by molar-refractivity contribution is -0.118. The van der Waals surface area contributed by atoms with Crippen molar-refractivity contribution in [2.45, 2.75) is 31.0 Å². The summed E-state index contributed by atoms with van der Waals surface area (Å²) in [7, 11) is 0. The number of halogens is 1. The average molecular weight is 468 g/mol. The van der Waals surface area contributed by atoms with E-state index in [1.807, 2.05) is 24.3 Å². The molecule has 0 saturated carbocycles. The highest BCUT2D eigenvalue weighted by Gasteiger charge is 2.21. The quantitative estimate of drug-likeness (QED) is 0.301. The molecule has 0 atom stereocenters. The van der Waals surface area contributed by atoms with E-state index < -0.39 is 0 Å². The van der Waals surface area contributed by atoms with E-state index in [0.717, 1.165) is 43.9 Å². The molecule has 3 aromatic rings. The molecule has 3 heterocycles. The maximum atomic E-state index is 12.2. The molecule has 1 saturated heterocycles. The van der Waals surface area contributed by atoms with Gasteiger partial charge in [0.25, 0.3) is 0 Å². The van der Waals surface area contributed by atoms with Crippen LogP contribution in [0.1, 0.15) is 24.1 Å². The number of hydrogen-bond donors (Lipinski definition) is 1. The molecule has 8 heteroatoms. The molecule has 0 spiro atoms. The topological polar surface area (TPSA) is 71.0 Å². The SMILES string of the molecule is O=C(CSc1nc(Cl)cc(N2CCC(Cc3ccccc3)CC2)n1)NCc1ccccn1. The predicted octanol–water partition coefficient (Wildman–Crippen LogP) is 4.39. The fraction of sp³-hybridized carbons (Fsp3) is 0.333. The largest absolute Gasteiger partial charge is 0.356 e. The minimum atomic E-state index is -0.0903. The molecule has 1 amide bonds. The summed E-state index contributed by atoms with van der Waals surface area (Å²) in [5.41, 5.74) is 2.22. The zero-order chi connectivity index (χ0) is 22.2. The van der Waals surface area contributed by atoms with Crippen LogP contribution in [0.25, 0.3) is 0 Å². The van der Waals surface area contributed by atoms with Gasteiger partial charge in [-0.2, -0.15) is 0 Å². The van der Waals surface area contributed by atoms with Crippen LogP contribution in [0, 0.1) is 5.92 Å². The fourth-order valence-electron chi connectivity index (χ4n) is 3.80. The Morgan fingerprint density at radius 1 is 1.09 bits per heavy atom. The molecule has 4 rings (SSSR count). The number of hydrogen-bond acceptors (Lipinski definition) is 6. The minimum absolute atomic E-state index is 0.0903. The minimum Gasteiger partial charge on any atom is -0.356 e. The van der Waals surface area contributed by atoms with Crippen molar-refractivity contribution < 1.29 is 4.79 Å². The highest BCUT2D eigenvalue weighted by atomic mass is 35.5. The molecule has 6 nitrogen and oxygen atoms in total. The van der Waals surface area contributed by atoms with Crippen molar-refractivity contribution >= 4 is 35.1 Å². The fourth-order valence-corrected chi connectivity index (χ4v) is 4.71. The van der Waals surface area contributed by atoms with Gasteiger partial charge in [-0.1, -0.05) is 59.8 Å². The third-order valence-corrected chi connectivity index (χ3v) is 6.53. The number of anilines is 1. The molecule has 1 aromatic carbocycles. The first-order valence-corrected chi connectivity index (χ1v) is 12.1. The Morgan fingerprint density at radius 2 is 1.88 bits per heavy atom. The summed E-state index contributed by atoms with van der Waals surface area (Å²) < 4.78 is 0. The Hall–Kier alpha value is -2.64. The van der Waals surface area contributed by atoms with E-state index in [9.17, 15) is 4.79 Å². The Morgan fingerprint density at radius 3 is 2.62 bits per heavy atom. The summed E-state index contributed by atoms with van der Waals surface area (Å²) >= 11 is 7.55. The lowest BCUT2D eigenvalue weighted by Gasteiger charge is -2.33. The van der Waals surface area contributed by atoms with Gasteiger partial charge in [-0.15, -0.1) is 0 Å². The van der Waals surface area contributed by atoms with E-state index in [1.165, 1.54) is 17.3 Å². The van der Waals surface area contributed by atoms with Crippen LogP contribution >= 0.6 is 23.4 Å². The first kappa shape index (κ1) is 22.6. The van der Waals surface area contributed by atoms with Crippen molar-refractivity contribution in [2.24, 2.45) is 5.92 Å². The van der Waals surface area contributed by atoms with Crippen LogP contribution in [0.2, 0.25) is 5.15 Å². The number of rotatable bonds is 8. The average Bonchev–Trinajstić information content (AvgIpc) is 2.83. The number of aromatic nitrogens is 3. The number of piperidine rings is 1. The van der Waals surface area contributed by atoms with Crippen LogP contribution < -0.4 is 10.2 Å². The van der Waals surface area contributed by atoms with Gasteiger partial charge in [0.2, 0.25) is 5.91 Å². The lowest BCUT2D eigenvalue weighted by atomic mass is 9.90. The highest BCUT2D eigenvalue weighted by molar-refractivity contribution is 7.99. The summed E-state index contributed by atoms with van der Waals surface area (Å²) in [6.45, 7) is 2.29. The van der Waals surface area contributed by atoms with Gasteiger partial charge in [-0.25, -0.2) is 9.97 Å². The summed E-state index contributed by atoms with van der Waals surface area (Å²) in [5.74, 6) is 1.65. The van der Waals surface area contributed by atoms with Crippen molar-refractivity contribution in [3.63, 3.8) is 0 Å². The van der Waals surface area contributed by atoms with Crippen LogP contribution in [0.15, 0.2) is 66.0 Å². The molecule has 1 aliphatic heterocycles. The van der Waals surface area contributed by atoms with Gasteiger partial charge in [-0.3, -0.25) is 9.78 Å². The van der Waals surface area contributed by atoms with Crippen LogP contribution in [-0.2, 0) is 17.8 Å². The van der Waals surface area contributed by atoms with Crippen molar-refractivity contribution in [3.05, 3.63) is 77.2 Å². The smallest absolute Gasteiger partial charge is 0.230 e. The van der Waals surface area contributed by atoms with Gasteiger partial charge in [0.1, 0.15) is 11.0 Å². The normalized spacial score (nSPS) is 14.3. The standard InChI is InChI=1S/C24H26ClN5OS/c25-21-15-22(30-12-9-19(10-13-30)14-18-6-2-1-3-7-18)29-24(28-21)32-17-23(31)27-16-20-8-4-5-11-26-20/h1-8,11,15,19H,9-10,12-14,16-17H2,(H,27,31).